The smallest absolute Gasteiger partial charge is 0.259 e. The number of nitrogens with zero attached hydrogens (tertiary/aromatic N) is 3. The van der Waals surface area contributed by atoms with E-state index in [0.717, 1.165) is 11.1 Å². The summed E-state index contributed by atoms with van der Waals surface area (Å²) in [5.74, 6) is 1.05. The number of nitrogens with one attached hydrogen (secondary N) is 1. The van der Waals surface area contributed by atoms with E-state index in [-0.39, 0.29) is 0 Å². The molecule has 0 spiro atoms. The van der Waals surface area contributed by atoms with Crippen molar-refractivity contribution in [2.45, 2.75) is 13.3 Å². The van der Waals surface area contributed by atoms with Crippen LogP contribution >= 0.6 is 0 Å². The molecule has 0 saturated carbocycles. The minimum atomic E-state index is 0.421. The molecule has 5 nitrogen and oxygen atoms in total. The molecule has 0 fully saturated rings. The van der Waals surface area contributed by atoms with E-state index in [1.807, 2.05) is 6.07 Å². The first kappa shape index (κ1) is 12.2. The number of aromatic amines is 1. The Kier molecular flexibility index (Phi) is 3.05. The van der Waals surface area contributed by atoms with Gasteiger partial charge in [-0.15, -0.1) is 0 Å². The normalized spacial score (nSPS) is 10.4. The average molecular weight is 264 g/mol. The maximum atomic E-state index is 8.77. The first-order valence-corrected chi connectivity index (χ1v) is 6.21. The van der Waals surface area contributed by atoms with E-state index in [1.165, 1.54) is 5.56 Å². The Morgan fingerprint density at radius 1 is 1.30 bits per heavy atom. The molecule has 0 atom stereocenters. The highest BCUT2D eigenvalue weighted by Gasteiger charge is 2.11. The maximum Gasteiger partial charge on any atom is 0.259 e. The molecule has 20 heavy (non-hydrogen) atoms. The van der Waals surface area contributed by atoms with Crippen LogP contribution < -0.4 is 0 Å². The molecular formula is C15H12N4O. The quantitative estimate of drug-likeness (QED) is 0.789. The molecule has 0 saturated heterocycles. The fourth-order valence-corrected chi connectivity index (χ4v) is 1.91. The van der Waals surface area contributed by atoms with Crippen LogP contribution in [-0.2, 0) is 6.42 Å². The summed E-state index contributed by atoms with van der Waals surface area (Å²) in [5.41, 5.74) is 3.55. The Balaban J connectivity index is 1.80. The van der Waals surface area contributed by atoms with Crippen LogP contribution in [0.4, 0.5) is 0 Å². The number of aromatic nitrogens is 3. The highest BCUT2D eigenvalue weighted by Crippen LogP contribution is 2.19. The second-order valence-electron chi connectivity index (χ2n) is 4.59. The van der Waals surface area contributed by atoms with Crippen LogP contribution in [0.3, 0.4) is 0 Å². The summed E-state index contributed by atoms with van der Waals surface area (Å²) in [6, 6.07) is 11.9. The van der Waals surface area contributed by atoms with Gasteiger partial charge in [-0.25, -0.2) is 0 Å². The minimum Gasteiger partial charge on any atom is -0.352 e. The lowest BCUT2D eigenvalue weighted by molar-refractivity contribution is 0.424. The molecule has 0 aliphatic heterocycles. The Morgan fingerprint density at radius 3 is 2.80 bits per heavy atom. The SMILES string of the molecule is Cc1ccc(Cc2noc(-c3c[nH]c(C#N)c3)n2)cc1. The summed E-state index contributed by atoms with van der Waals surface area (Å²) < 4.78 is 5.21. The van der Waals surface area contributed by atoms with Crippen LogP contribution in [0.2, 0.25) is 0 Å². The van der Waals surface area contributed by atoms with Crippen molar-refractivity contribution in [2.24, 2.45) is 0 Å². The van der Waals surface area contributed by atoms with Crippen LogP contribution in [-0.4, -0.2) is 15.1 Å². The van der Waals surface area contributed by atoms with Gasteiger partial charge < -0.3 is 9.51 Å². The third-order valence-electron chi connectivity index (χ3n) is 3.00. The van der Waals surface area contributed by atoms with Crippen molar-refractivity contribution in [1.82, 2.24) is 15.1 Å². The fraction of sp³-hybridized carbons (Fsp3) is 0.133. The standard InChI is InChI=1S/C15H12N4O/c1-10-2-4-11(5-3-10)6-14-18-15(20-19-14)12-7-13(8-16)17-9-12/h2-5,7,9,17H,6H2,1H3. The number of rotatable bonds is 3. The lowest BCUT2D eigenvalue weighted by atomic mass is 10.1. The highest BCUT2D eigenvalue weighted by molar-refractivity contribution is 5.54. The molecule has 0 aliphatic carbocycles. The Hall–Kier alpha value is -2.87. The summed E-state index contributed by atoms with van der Waals surface area (Å²) in [6.45, 7) is 2.05. The summed E-state index contributed by atoms with van der Waals surface area (Å²) in [5, 5.41) is 12.7. The topological polar surface area (TPSA) is 78.5 Å². The Morgan fingerprint density at radius 2 is 2.10 bits per heavy atom. The molecule has 0 aliphatic rings. The van der Waals surface area contributed by atoms with Crippen molar-refractivity contribution in [3.05, 3.63) is 59.2 Å². The molecule has 0 radical (unpaired) electrons. The predicted molar refractivity (Wildman–Crippen MR) is 72.8 cm³/mol. The zero-order chi connectivity index (χ0) is 13.9. The van der Waals surface area contributed by atoms with Crippen molar-refractivity contribution in [2.75, 3.05) is 0 Å². The number of benzene rings is 1. The summed E-state index contributed by atoms with van der Waals surface area (Å²) in [4.78, 5) is 7.17. The molecule has 1 aromatic carbocycles. The van der Waals surface area contributed by atoms with Gasteiger partial charge in [-0.2, -0.15) is 10.2 Å². The molecule has 98 valence electrons. The van der Waals surface area contributed by atoms with Gasteiger partial charge in [0.2, 0.25) is 0 Å². The molecule has 0 bridgehead atoms. The van der Waals surface area contributed by atoms with Crippen molar-refractivity contribution in [1.29, 1.82) is 5.26 Å². The number of aryl methyl sites for hydroxylation is 1. The molecule has 0 unspecified atom stereocenters. The zero-order valence-electron chi connectivity index (χ0n) is 10.9. The van der Waals surface area contributed by atoms with Crippen LogP contribution in [0.15, 0.2) is 41.1 Å². The maximum absolute atomic E-state index is 8.77. The largest absolute Gasteiger partial charge is 0.352 e. The molecule has 2 heterocycles. The summed E-state index contributed by atoms with van der Waals surface area (Å²) >= 11 is 0. The molecular weight excluding hydrogens is 252 g/mol. The van der Waals surface area contributed by atoms with E-state index in [9.17, 15) is 0 Å². The predicted octanol–water partition coefficient (Wildman–Crippen LogP) is 2.84. The van der Waals surface area contributed by atoms with Gasteiger partial charge in [0.25, 0.3) is 5.89 Å². The second kappa shape index (κ2) is 5.02. The number of H-pyrrole nitrogens is 1. The second-order valence-corrected chi connectivity index (χ2v) is 4.59. The third-order valence-corrected chi connectivity index (χ3v) is 3.00. The Bertz CT molecular complexity index is 762. The average Bonchev–Trinajstić information content (AvgIpc) is 3.10. The van der Waals surface area contributed by atoms with Crippen molar-refractivity contribution in [3.63, 3.8) is 0 Å². The van der Waals surface area contributed by atoms with E-state index in [0.29, 0.717) is 23.8 Å². The van der Waals surface area contributed by atoms with Gasteiger partial charge in [-0.1, -0.05) is 35.0 Å². The van der Waals surface area contributed by atoms with E-state index < -0.39 is 0 Å². The van der Waals surface area contributed by atoms with Gasteiger partial charge >= 0.3 is 0 Å². The van der Waals surface area contributed by atoms with Crippen LogP contribution in [0, 0.1) is 18.3 Å². The molecule has 0 amide bonds. The summed E-state index contributed by atoms with van der Waals surface area (Å²) in [6.07, 6.45) is 2.31. The first-order valence-electron chi connectivity index (χ1n) is 6.21. The lowest BCUT2D eigenvalue weighted by Crippen LogP contribution is -1.90. The molecule has 1 N–H and O–H groups in total. The zero-order valence-corrected chi connectivity index (χ0v) is 10.9. The van der Waals surface area contributed by atoms with Crippen molar-refractivity contribution < 1.29 is 4.52 Å². The fourth-order valence-electron chi connectivity index (χ4n) is 1.91. The van der Waals surface area contributed by atoms with Gasteiger partial charge in [0.15, 0.2) is 5.82 Å². The summed E-state index contributed by atoms with van der Waals surface area (Å²) in [7, 11) is 0. The lowest BCUT2D eigenvalue weighted by Gasteiger charge is -1.96. The van der Waals surface area contributed by atoms with Crippen molar-refractivity contribution >= 4 is 0 Å². The van der Waals surface area contributed by atoms with E-state index in [4.69, 9.17) is 9.78 Å². The molecule has 3 rings (SSSR count). The Labute approximate surface area is 115 Å². The monoisotopic (exact) mass is 264 g/mol. The number of hydrogen-bond acceptors (Lipinski definition) is 4. The van der Waals surface area contributed by atoms with Gasteiger partial charge in [0.1, 0.15) is 11.8 Å². The number of nitriles is 1. The van der Waals surface area contributed by atoms with Gasteiger partial charge in [0, 0.05) is 12.6 Å². The minimum absolute atomic E-state index is 0.421. The van der Waals surface area contributed by atoms with E-state index in [1.54, 1.807) is 12.3 Å². The van der Waals surface area contributed by atoms with Gasteiger partial charge in [-0.05, 0) is 18.6 Å². The molecule has 5 heteroatoms. The third kappa shape index (κ3) is 2.45. The molecule has 3 aromatic rings. The van der Waals surface area contributed by atoms with Crippen molar-refractivity contribution in [3.8, 4) is 17.5 Å². The first-order chi connectivity index (χ1) is 9.74. The highest BCUT2D eigenvalue weighted by atomic mass is 16.5. The van der Waals surface area contributed by atoms with E-state index >= 15 is 0 Å². The van der Waals surface area contributed by atoms with Gasteiger partial charge in [-0.3, -0.25) is 0 Å². The number of hydrogen-bond donors (Lipinski definition) is 1. The van der Waals surface area contributed by atoms with Crippen LogP contribution in [0.5, 0.6) is 0 Å². The van der Waals surface area contributed by atoms with Crippen LogP contribution in [0.1, 0.15) is 22.6 Å². The van der Waals surface area contributed by atoms with E-state index in [2.05, 4.69) is 46.3 Å². The van der Waals surface area contributed by atoms with Gasteiger partial charge in [0.05, 0.1) is 5.56 Å². The molecule has 2 aromatic heterocycles. The van der Waals surface area contributed by atoms with Crippen LogP contribution in [0.25, 0.3) is 11.5 Å².